The van der Waals surface area contributed by atoms with E-state index < -0.39 is 0 Å². The lowest BCUT2D eigenvalue weighted by Gasteiger charge is -2.40. The van der Waals surface area contributed by atoms with Crippen LogP contribution in [0.25, 0.3) is 0 Å². The van der Waals surface area contributed by atoms with Crippen molar-refractivity contribution in [1.82, 2.24) is 10.6 Å². The lowest BCUT2D eigenvalue weighted by molar-refractivity contribution is -0.122. The Balaban J connectivity index is 1.57. The summed E-state index contributed by atoms with van der Waals surface area (Å²) in [5.74, 6) is 0.476. The van der Waals surface area contributed by atoms with Gasteiger partial charge in [-0.15, -0.1) is 0 Å². The van der Waals surface area contributed by atoms with E-state index in [2.05, 4.69) is 41.8 Å². The first-order valence-corrected chi connectivity index (χ1v) is 10.0. The highest BCUT2D eigenvalue weighted by Crippen LogP contribution is 2.27. The van der Waals surface area contributed by atoms with E-state index in [1.54, 1.807) is 0 Å². The highest BCUT2D eigenvalue weighted by molar-refractivity contribution is 5.76. The number of amides is 1. The zero-order valence-corrected chi connectivity index (χ0v) is 15.9. The van der Waals surface area contributed by atoms with Crippen molar-refractivity contribution < 1.29 is 9.53 Å². The summed E-state index contributed by atoms with van der Waals surface area (Å²) < 4.78 is 5.57. The molecule has 144 valence electrons. The van der Waals surface area contributed by atoms with Crippen molar-refractivity contribution in [3.63, 3.8) is 0 Å². The van der Waals surface area contributed by atoms with E-state index in [1.165, 1.54) is 5.56 Å². The van der Waals surface area contributed by atoms with Crippen molar-refractivity contribution in [2.24, 2.45) is 11.7 Å². The molecule has 1 amide bonds. The molecular weight excluding hydrogens is 326 g/mol. The first kappa shape index (κ1) is 19.3. The number of carbonyl (C=O) groups excluding carboxylic acids is 1. The number of hydrogen-bond acceptors (Lipinski definition) is 4. The predicted molar refractivity (Wildman–Crippen MR) is 104 cm³/mol. The number of hydrogen-bond donors (Lipinski definition) is 3. The highest BCUT2D eigenvalue weighted by atomic mass is 16.5. The summed E-state index contributed by atoms with van der Waals surface area (Å²) >= 11 is 0. The van der Waals surface area contributed by atoms with Crippen LogP contribution in [0, 0.1) is 5.92 Å². The van der Waals surface area contributed by atoms with Crippen LogP contribution < -0.4 is 16.4 Å². The van der Waals surface area contributed by atoms with Gasteiger partial charge >= 0.3 is 0 Å². The Labute approximate surface area is 157 Å². The minimum Gasteiger partial charge on any atom is -0.381 e. The molecular formula is C21H33N3O2. The van der Waals surface area contributed by atoms with Crippen LogP contribution in [0.15, 0.2) is 30.3 Å². The van der Waals surface area contributed by atoms with E-state index in [0.29, 0.717) is 18.9 Å². The molecule has 1 saturated heterocycles. The van der Waals surface area contributed by atoms with Gasteiger partial charge < -0.3 is 21.1 Å². The molecule has 2 fully saturated rings. The van der Waals surface area contributed by atoms with E-state index in [1.807, 2.05) is 6.07 Å². The fourth-order valence-electron chi connectivity index (χ4n) is 4.32. The molecule has 0 radical (unpaired) electrons. The van der Waals surface area contributed by atoms with Gasteiger partial charge in [-0.3, -0.25) is 4.79 Å². The summed E-state index contributed by atoms with van der Waals surface area (Å²) in [5, 5.41) is 6.97. The van der Waals surface area contributed by atoms with E-state index in [-0.39, 0.29) is 23.5 Å². The monoisotopic (exact) mass is 359 g/mol. The summed E-state index contributed by atoms with van der Waals surface area (Å²) in [4.78, 5) is 12.5. The second-order valence-corrected chi connectivity index (χ2v) is 8.01. The molecule has 1 aliphatic carbocycles. The lowest BCUT2D eigenvalue weighted by atomic mass is 9.88. The molecule has 1 unspecified atom stereocenters. The maximum Gasteiger partial charge on any atom is 0.220 e. The third kappa shape index (κ3) is 5.06. The van der Waals surface area contributed by atoms with Crippen molar-refractivity contribution in [3.05, 3.63) is 35.9 Å². The van der Waals surface area contributed by atoms with Gasteiger partial charge in [-0.05, 0) is 44.1 Å². The molecule has 3 rings (SSSR count). The second-order valence-electron chi connectivity index (χ2n) is 8.01. The molecule has 1 aliphatic heterocycles. The molecule has 0 bridgehead atoms. The summed E-state index contributed by atoms with van der Waals surface area (Å²) in [6.07, 6.45) is 5.66. The minimum absolute atomic E-state index is 0.110. The summed E-state index contributed by atoms with van der Waals surface area (Å²) in [5.41, 5.74) is 7.27. The standard InChI is InChI=1S/C21H33N3O2/c1-16(17-6-3-2-4-7-17)24-21(10-12-26-13-11-21)15-23-20(25)14-18-8-5-9-19(18)22/h2-4,6-7,16,18-19,24H,5,8-15,22H2,1H3,(H,23,25)/t16?,18-,19+/m0/s1. The molecule has 1 aromatic rings. The summed E-state index contributed by atoms with van der Waals surface area (Å²) in [6, 6.07) is 10.9. The Kier molecular flexibility index (Phi) is 6.68. The third-order valence-electron chi connectivity index (χ3n) is 6.06. The maximum absolute atomic E-state index is 12.5. The quantitative estimate of drug-likeness (QED) is 0.699. The minimum atomic E-state index is -0.110. The number of rotatable bonds is 7. The SMILES string of the molecule is CC(NC1(CNC(=O)C[C@@H]2CCC[C@H]2N)CCOCC1)c1ccccc1. The van der Waals surface area contributed by atoms with Crippen molar-refractivity contribution >= 4 is 5.91 Å². The van der Waals surface area contributed by atoms with E-state index in [0.717, 1.165) is 45.3 Å². The molecule has 1 aromatic carbocycles. The van der Waals surface area contributed by atoms with Crippen molar-refractivity contribution in [1.29, 1.82) is 0 Å². The zero-order valence-electron chi connectivity index (χ0n) is 15.9. The average Bonchev–Trinajstić information content (AvgIpc) is 3.06. The maximum atomic E-state index is 12.5. The Morgan fingerprint density at radius 1 is 1.27 bits per heavy atom. The molecule has 2 aliphatic rings. The summed E-state index contributed by atoms with van der Waals surface area (Å²) in [6.45, 7) is 4.30. The molecule has 1 saturated carbocycles. The molecule has 0 aromatic heterocycles. The van der Waals surface area contributed by atoms with Gasteiger partial charge in [0, 0.05) is 43.8 Å². The number of ether oxygens (including phenoxy) is 1. The van der Waals surface area contributed by atoms with Crippen LogP contribution in [0.3, 0.4) is 0 Å². The number of nitrogens with one attached hydrogen (secondary N) is 2. The van der Waals surface area contributed by atoms with E-state index >= 15 is 0 Å². The van der Waals surface area contributed by atoms with Crippen molar-refractivity contribution in [2.45, 2.75) is 63.1 Å². The normalized spacial score (nSPS) is 26.4. The topological polar surface area (TPSA) is 76.4 Å². The number of carbonyl (C=O) groups is 1. The predicted octanol–water partition coefficient (Wildman–Crippen LogP) is 2.52. The Morgan fingerprint density at radius 3 is 2.65 bits per heavy atom. The van der Waals surface area contributed by atoms with Gasteiger partial charge in [0.15, 0.2) is 0 Å². The first-order chi connectivity index (χ1) is 12.6. The smallest absolute Gasteiger partial charge is 0.220 e. The Bertz CT molecular complexity index is 572. The first-order valence-electron chi connectivity index (χ1n) is 10.0. The van der Waals surface area contributed by atoms with Crippen molar-refractivity contribution in [3.8, 4) is 0 Å². The van der Waals surface area contributed by atoms with Gasteiger partial charge in [0.2, 0.25) is 5.91 Å². The number of nitrogens with two attached hydrogens (primary N) is 1. The van der Waals surface area contributed by atoms with Crippen molar-refractivity contribution in [2.75, 3.05) is 19.8 Å². The van der Waals surface area contributed by atoms with Gasteiger partial charge in [-0.2, -0.15) is 0 Å². The average molecular weight is 360 g/mol. The van der Waals surface area contributed by atoms with Crippen LogP contribution in [0.5, 0.6) is 0 Å². The molecule has 5 heteroatoms. The Hall–Kier alpha value is -1.43. The van der Waals surface area contributed by atoms with Crippen LogP contribution in [-0.2, 0) is 9.53 Å². The van der Waals surface area contributed by atoms with Crippen LogP contribution in [0.4, 0.5) is 0 Å². The van der Waals surface area contributed by atoms with Gasteiger partial charge in [-0.25, -0.2) is 0 Å². The molecule has 5 nitrogen and oxygen atoms in total. The van der Waals surface area contributed by atoms with E-state index in [4.69, 9.17) is 10.5 Å². The highest BCUT2D eigenvalue weighted by Gasteiger charge is 2.35. The fourth-order valence-corrected chi connectivity index (χ4v) is 4.32. The molecule has 0 spiro atoms. The third-order valence-corrected chi connectivity index (χ3v) is 6.06. The van der Waals surface area contributed by atoms with Crippen LogP contribution in [0.2, 0.25) is 0 Å². The molecule has 3 atom stereocenters. The lowest BCUT2D eigenvalue weighted by Crippen LogP contribution is -2.57. The van der Waals surface area contributed by atoms with E-state index in [9.17, 15) is 4.79 Å². The van der Waals surface area contributed by atoms with Gasteiger partial charge in [0.1, 0.15) is 0 Å². The second kappa shape index (κ2) is 8.98. The summed E-state index contributed by atoms with van der Waals surface area (Å²) in [7, 11) is 0. The molecule has 4 N–H and O–H groups in total. The van der Waals surface area contributed by atoms with Crippen LogP contribution >= 0.6 is 0 Å². The zero-order chi connectivity index (χ0) is 18.4. The van der Waals surface area contributed by atoms with Gasteiger partial charge in [0.05, 0.1) is 0 Å². The number of benzene rings is 1. The van der Waals surface area contributed by atoms with Crippen LogP contribution in [-0.4, -0.2) is 37.2 Å². The molecule has 26 heavy (non-hydrogen) atoms. The van der Waals surface area contributed by atoms with Gasteiger partial charge in [-0.1, -0.05) is 36.8 Å². The van der Waals surface area contributed by atoms with Gasteiger partial charge in [0.25, 0.3) is 0 Å². The molecule has 1 heterocycles. The Morgan fingerprint density at radius 2 is 2.00 bits per heavy atom. The largest absolute Gasteiger partial charge is 0.381 e. The van der Waals surface area contributed by atoms with Crippen LogP contribution in [0.1, 0.15) is 57.1 Å². The fraction of sp³-hybridized carbons (Fsp3) is 0.667.